The van der Waals surface area contributed by atoms with Crippen LogP contribution in [-0.4, -0.2) is 25.6 Å². The number of hydrogen-bond acceptors (Lipinski definition) is 3. The number of benzene rings is 1. The summed E-state index contributed by atoms with van der Waals surface area (Å²) in [7, 11) is 0. The number of rotatable bonds is 1. The first-order valence-electron chi connectivity index (χ1n) is 4.55. The van der Waals surface area contributed by atoms with Gasteiger partial charge in [-0.3, -0.25) is 4.79 Å². The Morgan fingerprint density at radius 1 is 1.47 bits per heavy atom. The summed E-state index contributed by atoms with van der Waals surface area (Å²) in [4.78, 5) is 13.1. The quantitative estimate of drug-likeness (QED) is 0.773. The van der Waals surface area contributed by atoms with Crippen molar-refractivity contribution < 1.29 is 9.53 Å². The number of halogens is 1. The Bertz CT molecular complexity index is 357. The van der Waals surface area contributed by atoms with Gasteiger partial charge in [-0.05, 0) is 12.1 Å². The van der Waals surface area contributed by atoms with Crippen LogP contribution in [0.25, 0.3) is 0 Å². The number of anilines is 1. The summed E-state index contributed by atoms with van der Waals surface area (Å²) < 4.78 is 5.41. The van der Waals surface area contributed by atoms with Crippen LogP contribution in [0.2, 0.25) is 0 Å². The number of hydrogen-bond donors (Lipinski definition) is 1. The van der Waals surface area contributed by atoms with Crippen LogP contribution in [0.4, 0.5) is 5.69 Å². The van der Waals surface area contributed by atoms with Crippen molar-refractivity contribution >= 4 is 24.0 Å². The van der Waals surface area contributed by atoms with Gasteiger partial charge in [-0.1, -0.05) is 12.1 Å². The first kappa shape index (κ1) is 11.8. The van der Waals surface area contributed by atoms with Crippen molar-refractivity contribution in [2.45, 2.75) is 0 Å². The summed E-state index contributed by atoms with van der Waals surface area (Å²) in [5, 5.41) is 0. The maximum atomic E-state index is 11.5. The first-order chi connectivity index (χ1) is 6.83. The van der Waals surface area contributed by atoms with Crippen molar-refractivity contribution in [2.75, 3.05) is 24.6 Å². The highest BCUT2D eigenvalue weighted by Gasteiger charge is 2.21. The van der Waals surface area contributed by atoms with Gasteiger partial charge in [0.1, 0.15) is 12.4 Å². The molecule has 2 rings (SSSR count). The molecule has 15 heavy (non-hydrogen) atoms. The molecule has 0 bridgehead atoms. The van der Waals surface area contributed by atoms with Crippen LogP contribution in [-0.2, 0) is 4.79 Å². The highest BCUT2D eigenvalue weighted by atomic mass is 35.5. The third-order valence-corrected chi connectivity index (χ3v) is 2.20. The van der Waals surface area contributed by atoms with Crippen molar-refractivity contribution in [1.82, 2.24) is 0 Å². The lowest BCUT2D eigenvalue weighted by Gasteiger charge is -2.28. The molecule has 1 aliphatic heterocycles. The summed E-state index contributed by atoms with van der Waals surface area (Å²) in [5.41, 5.74) is 6.14. The van der Waals surface area contributed by atoms with Gasteiger partial charge in [0.25, 0.3) is 0 Å². The van der Waals surface area contributed by atoms with Gasteiger partial charge in [0.15, 0.2) is 0 Å². The van der Waals surface area contributed by atoms with Crippen LogP contribution in [0.3, 0.4) is 0 Å². The smallest absolute Gasteiger partial charge is 0.240 e. The predicted molar refractivity (Wildman–Crippen MR) is 60.6 cm³/mol. The minimum atomic E-state index is -0.0687. The van der Waals surface area contributed by atoms with Crippen molar-refractivity contribution in [2.24, 2.45) is 5.73 Å². The molecule has 1 aliphatic rings. The number of fused-ring (bicyclic) bond motifs is 1. The fraction of sp³-hybridized carbons (Fsp3) is 0.300. The molecule has 0 saturated carbocycles. The maximum absolute atomic E-state index is 11.5. The molecule has 5 heteroatoms. The number of amides is 1. The second-order valence-electron chi connectivity index (χ2n) is 3.07. The van der Waals surface area contributed by atoms with E-state index in [-0.39, 0.29) is 24.9 Å². The lowest BCUT2D eigenvalue weighted by Crippen LogP contribution is -2.41. The second-order valence-corrected chi connectivity index (χ2v) is 3.07. The number of para-hydroxylation sites is 2. The van der Waals surface area contributed by atoms with E-state index in [1.807, 2.05) is 24.3 Å². The van der Waals surface area contributed by atoms with Crippen LogP contribution in [0.1, 0.15) is 0 Å². The van der Waals surface area contributed by atoms with E-state index >= 15 is 0 Å². The lowest BCUT2D eigenvalue weighted by molar-refractivity contribution is -0.117. The maximum Gasteiger partial charge on any atom is 0.240 e. The zero-order valence-corrected chi connectivity index (χ0v) is 9.00. The molecular weight excluding hydrogens is 216 g/mol. The number of ether oxygens (including phenoxy) is 1. The van der Waals surface area contributed by atoms with Crippen LogP contribution in [0.5, 0.6) is 5.75 Å². The summed E-state index contributed by atoms with van der Waals surface area (Å²) in [6, 6.07) is 7.48. The Hall–Kier alpha value is -1.26. The minimum Gasteiger partial charge on any atom is -0.490 e. The minimum absolute atomic E-state index is 0. The Balaban J connectivity index is 0.00000112. The van der Waals surface area contributed by atoms with Gasteiger partial charge in [-0.2, -0.15) is 0 Å². The summed E-state index contributed by atoms with van der Waals surface area (Å²) >= 11 is 0. The predicted octanol–water partition coefficient (Wildman–Crippen LogP) is 0.792. The van der Waals surface area contributed by atoms with Crippen LogP contribution < -0.4 is 15.4 Å². The van der Waals surface area contributed by atoms with E-state index in [0.717, 1.165) is 11.4 Å². The van der Waals surface area contributed by atoms with Crippen molar-refractivity contribution in [3.05, 3.63) is 24.3 Å². The average Bonchev–Trinajstić information content (AvgIpc) is 2.27. The number of carbonyl (C=O) groups is 1. The van der Waals surface area contributed by atoms with Gasteiger partial charge >= 0.3 is 0 Å². The normalized spacial score (nSPS) is 13.5. The first-order valence-corrected chi connectivity index (χ1v) is 4.55. The highest BCUT2D eigenvalue weighted by Crippen LogP contribution is 2.30. The van der Waals surface area contributed by atoms with E-state index in [4.69, 9.17) is 10.5 Å². The molecular formula is C10H13ClN2O2. The molecule has 0 atom stereocenters. The Morgan fingerprint density at radius 3 is 2.93 bits per heavy atom. The fourth-order valence-electron chi connectivity index (χ4n) is 1.54. The molecule has 0 radical (unpaired) electrons. The standard InChI is InChI=1S/C10H12N2O2.ClH/c11-7-10(13)12-5-6-14-9-4-2-1-3-8(9)12;/h1-4H,5-7,11H2;1H. The third kappa shape index (κ3) is 2.22. The van der Waals surface area contributed by atoms with E-state index in [1.54, 1.807) is 4.90 Å². The van der Waals surface area contributed by atoms with Crippen molar-refractivity contribution in [3.63, 3.8) is 0 Å². The van der Waals surface area contributed by atoms with Crippen molar-refractivity contribution in [1.29, 1.82) is 0 Å². The van der Waals surface area contributed by atoms with E-state index in [1.165, 1.54) is 0 Å². The zero-order chi connectivity index (χ0) is 9.97. The fourth-order valence-corrected chi connectivity index (χ4v) is 1.54. The Morgan fingerprint density at radius 2 is 2.20 bits per heavy atom. The topological polar surface area (TPSA) is 55.6 Å². The Kier molecular flexibility index (Phi) is 3.94. The van der Waals surface area contributed by atoms with E-state index in [0.29, 0.717) is 13.2 Å². The molecule has 0 fully saturated rings. The summed E-state index contributed by atoms with van der Waals surface area (Å²) in [6.45, 7) is 1.14. The van der Waals surface area contributed by atoms with E-state index in [9.17, 15) is 4.79 Å². The number of nitrogens with zero attached hydrogens (tertiary/aromatic N) is 1. The molecule has 1 heterocycles. The molecule has 1 aromatic rings. The SMILES string of the molecule is Cl.NCC(=O)N1CCOc2ccccc21. The van der Waals surface area contributed by atoms with Gasteiger partial charge in [0, 0.05) is 0 Å². The molecule has 0 aliphatic carbocycles. The van der Waals surface area contributed by atoms with Crippen LogP contribution in [0.15, 0.2) is 24.3 Å². The Labute approximate surface area is 94.4 Å². The van der Waals surface area contributed by atoms with Gasteiger partial charge in [0.2, 0.25) is 5.91 Å². The molecule has 0 spiro atoms. The molecule has 2 N–H and O–H groups in total. The van der Waals surface area contributed by atoms with Gasteiger partial charge in [0.05, 0.1) is 18.8 Å². The number of nitrogens with two attached hydrogens (primary N) is 1. The van der Waals surface area contributed by atoms with Gasteiger partial charge < -0.3 is 15.4 Å². The molecule has 4 nitrogen and oxygen atoms in total. The second kappa shape index (κ2) is 5.00. The van der Waals surface area contributed by atoms with Crippen LogP contribution >= 0.6 is 12.4 Å². The monoisotopic (exact) mass is 228 g/mol. The molecule has 0 unspecified atom stereocenters. The van der Waals surface area contributed by atoms with Gasteiger partial charge in [-0.15, -0.1) is 12.4 Å². The number of carbonyl (C=O) groups excluding carboxylic acids is 1. The summed E-state index contributed by atoms with van der Waals surface area (Å²) in [6.07, 6.45) is 0. The largest absolute Gasteiger partial charge is 0.490 e. The van der Waals surface area contributed by atoms with E-state index < -0.39 is 0 Å². The van der Waals surface area contributed by atoms with Gasteiger partial charge in [-0.25, -0.2) is 0 Å². The average molecular weight is 229 g/mol. The van der Waals surface area contributed by atoms with Crippen molar-refractivity contribution in [3.8, 4) is 5.75 Å². The molecule has 82 valence electrons. The molecule has 0 saturated heterocycles. The molecule has 0 aromatic heterocycles. The molecule has 1 aromatic carbocycles. The van der Waals surface area contributed by atoms with Crippen LogP contribution in [0, 0.1) is 0 Å². The molecule has 1 amide bonds. The third-order valence-electron chi connectivity index (χ3n) is 2.20. The lowest BCUT2D eigenvalue weighted by atomic mass is 10.2. The van der Waals surface area contributed by atoms with E-state index in [2.05, 4.69) is 0 Å². The highest BCUT2D eigenvalue weighted by molar-refractivity contribution is 5.96. The summed E-state index contributed by atoms with van der Waals surface area (Å²) in [5.74, 6) is 0.682. The zero-order valence-electron chi connectivity index (χ0n) is 8.18.